The van der Waals surface area contributed by atoms with Crippen LogP contribution < -0.4 is 10.6 Å². The number of piperazine rings is 1. The topological polar surface area (TPSA) is 98.7 Å². The second kappa shape index (κ2) is 6.58. The molecule has 1 saturated heterocycles. The Morgan fingerprint density at radius 2 is 2.00 bits per heavy atom. The first-order chi connectivity index (χ1) is 9.58. The fourth-order valence-corrected chi connectivity index (χ4v) is 2.80. The molecular formula is C13H21N3O4. The van der Waals surface area contributed by atoms with Crippen molar-refractivity contribution in [3.8, 4) is 0 Å². The molecular weight excluding hydrogens is 262 g/mol. The van der Waals surface area contributed by atoms with E-state index < -0.39 is 18.0 Å². The number of amides is 3. The van der Waals surface area contributed by atoms with Gasteiger partial charge in [0.15, 0.2) is 0 Å². The first-order valence-corrected chi connectivity index (χ1v) is 7.12. The molecule has 2 aliphatic rings. The maximum absolute atomic E-state index is 12.1. The fraction of sp³-hybridized carbons (Fsp3) is 0.769. The minimum absolute atomic E-state index is 0.0367. The lowest BCUT2D eigenvalue weighted by Crippen LogP contribution is -2.61. The van der Waals surface area contributed by atoms with Gasteiger partial charge in [-0.25, -0.2) is 9.59 Å². The van der Waals surface area contributed by atoms with Gasteiger partial charge in [0.25, 0.3) is 0 Å². The lowest BCUT2D eigenvalue weighted by atomic mass is 9.89. The van der Waals surface area contributed by atoms with E-state index in [0.717, 1.165) is 17.7 Å². The van der Waals surface area contributed by atoms with E-state index in [1.807, 2.05) is 0 Å². The van der Waals surface area contributed by atoms with Crippen LogP contribution in [0.5, 0.6) is 0 Å². The van der Waals surface area contributed by atoms with Gasteiger partial charge in [0.05, 0.1) is 0 Å². The summed E-state index contributed by atoms with van der Waals surface area (Å²) in [6.45, 7) is 0.321. The van der Waals surface area contributed by atoms with Crippen molar-refractivity contribution in [3.05, 3.63) is 0 Å². The summed E-state index contributed by atoms with van der Waals surface area (Å²) < 4.78 is 0. The molecule has 1 heterocycles. The molecule has 0 bridgehead atoms. The normalized spacial score (nSPS) is 24.1. The van der Waals surface area contributed by atoms with E-state index in [4.69, 9.17) is 5.11 Å². The first-order valence-electron chi connectivity index (χ1n) is 7.12. The summed E-state index contributed by atoms with van der Waals surface area (Å²) in [5.74, 6) is -0.956. The van der Waals surface area contributed by atoms with Gasteiger partial charge >= 0.3 is 12.0 Å². The van der Waals surface area contributed by atoms with Crippen molar-refractivity contribution in [2.24, 2.45) is 5.92 Å². The van der Waals surface area contributed by atoms with Gasteiger partial charge in [-0.2, -0.15) is 0 Å². The van der Waals surface area contributed by atoms with E-state index in [2.05, 4.69) is 10.6 Å². The van der Waals surface area contributed by atoms with Crippen LogP contribution in [0.1, 0.15) is 32.1 Å². The Kier molecular flexibility index (Phi) is 4.81. The average Bonchev–Trinajstić information content (AvgIpc) is 2.45. The van der Waals surface area contributed by atoms with Crippen LogP contribution in [0, 0.1) is 5.92 Å². The van der Waals surface area contributed by atoms with Crippen molar-refractivity contribution in [2.75, 3.05) is 19.6 Å². The zero-order chi connectivity index (χ0) is 14.5. The van der Waals surface area contributed by atoms with E-state index in [9.17, 15) is 14.4 Å². The number of nitrogens with zero attached hydrogens (tertiary/aromatic N) is 1. The highest BCUT2D eigenvalue weighted by molar-refractivity contribution is 5.90. The highest BCUT2D eigenvalue weighted by Gasteiger charge is 2.35. The predicted molar refractivity (Wildman–Crippen MR) is 71.1 cm³/mol. The van der Waals surface area contributed by atoms with E-state index >= 15 is 0 Å². The number of hydrogen-bond acceptors (Lipinski definition) is 3. The maximum Gasteiger partial charge on any atom is 0.328 e. The summed E-state index contributed by atoms with van der Waals surface area (Å²) in [5.41, 5.74) is 0. The van der Waals surface area contributed by atoms with Gasteiger partial charge < -0.3 is 15.7 Å². The zero-order valence-electron chi connectivity index (χ0n) is 11.4. The van der Waals surface area contributed by atoms with Gasteiger partial charge in [-0.3, -0.25) is 9.69 Å². The van der Waals surface area contributed by atoms with Gasteiger partial charge in [0, 0.05) is 13.1 Å². The standard InChI is InChI=1S/C13H21N3O4/c17-11-8-16(10(7-14-11)12(18)19)13(20)15-6-9-4-2-1-3-5-9/h9-10H,1-8H2,(H,14,17)(H,15,20)(H,18,19). The summed E-state index contributed by atoms with van der Waals surface area (Å²) in [6.07, 6.45) is 5.82. The molecule has 3 N–H and O–H groups in total. The zero-order valence-corrected chi connectivity index (χ0v) is 11.4. The molecule has 1 atom stereocenters. The Bertz CT molecular complexity index is 393. The monoisotopic (exact) mass is 283 g/mol. The molecule has 112 valence electrons. The molecule has 1 saturated carbocycles. The van der Waals surface area contributed by atoms with Crippen LogP contribution in [0.3, 0.4) is 0 Å². The van der Waals surface area contributed by atoms with E-state index in [1.165, 1.54) is 19.3 Å². The third kappa shape index (κ3) is 3.61. The molecule has 7 nitrogen and oxygen atoms in total. The number of hydrogen-bond donors (Lipinski definition) is 3. The SMILES string of the molecule is O=C1CN(C(=O)NCC2CCCCC2)C(C(=O)O)CN1. The Balaban J connectivity index is 1.87. The van der Waals surface area contributed by atoms with Crippen LogP contribution >= 0.6 is 0 Å². The number of aliphatic carboxylic acids is 1. The summed E-state index contributed by atoms with van der Waals surface area (Å²) in [4.78, 5) is 35.6. The van der Waals surface area contributed by atoms with Crippen LogP contribution in [-0.4, -0.2) is 53.6 Å². The Morgan fingerprint density at radius 1 is 1.30 bits per heavy atom. The highest BCUT2D eigenvalue weighted by Crippen LogP contribution is 2.22. The van der Waals surface area contributed by atoms with Gasteiger partial charge in [0.2, 0.25) is 5.91 Å². The summed E-state index contributed by atoms with van der Waals surface area (Å²) in [7, 11) is 0. The average molecular weight is 283 g/mol. The number of urea groups is 1. The summed E-state index contributed by atoms with van der Waals surface area (Å²) >= 11 is 0. The number of nitrogens with one attached hydrogen (secondary N) is 2. The molecule has 0 spiro atoms. The number of carboxylic acids is 1. The fourth-order valence-electron chi connectivity index (χ4n) is 2.80. The molecule has 0 radical (unpaired) electrons. The molecule has 1 aliphatic heterocycles. The molecule has 1 aliphatic carbocycles. The van der Waals surface area contributed by atoms with Crippen molar-refractivity contribution < 1.29 is 19.5 Å². The van der Waals surface area contributed by atoms with Gasteiger partial charge in [-0.1, -0.05) is 19.3 Å². The third-order valence-corrected chi connectivity index (χ3v) is 4.00. The molecule has 0 aromatic heterocycles. The molecule has 2 rings (SSSR count). The predicted octanol–water partition coefficient (Wildman–Crippen LogP) is 0.161. The Labute approximate surface area is 117 Å². The lowest BCUT2D eigenvalue weighted by Gasteiger charge is -2.33. The second-order valence-corrected chi connectivity index (χ2v) is 5.48. The van der Waals surface area contributed by atoms with E-state index in [0.29, 0.717) is 12.5 Å². The summed E-state index contributed by atoms with van der Waals surface area (Å²) in [6, 6.07) is -1.45. The van der Waals surface area contributed by atoms with Crippen molar-refractivity contribution in [2.45, 2.75) is 38.1 Å². The van der Waals surface area contributed by atoms with E-state index in [1.54, 1.807) is 0 Å². The van der Waals surface area contributed by atoms with Crippen molar-refractivity contribution in [1.82, 2.24) is 15.5 Å². The second-order valence-electron chi connectivity index (χ2n) is 5.48. The molecule has 7 heteroatoms. The lowest BCUT2D eigenvalue weighted by molar-refractivity contribution is -0.144. The third-order valence-electron chi connectivity index (χ3n) is 4.00. The smallest absolute Gasteiger partial charge is 0.328 e. The molecule has 0 aromatic rings. The molecule has 20 heavy (non-hydrogen) atoms. The van der Waals surface area contributed by atoms with Crippen LogP contribution in [-0.2, 0) is 9.59 Å². The van der Waals surface area contributed by atoms with E-state index in [-0.39, 0.29) is 19.0 Å². The van der Waals surface area contributed by atoms with Crippen molar-refractivity contribution >= 4 is 17.9 Å². The number of carboxylic acid groups (broad SMARTS) is 1. The maximum atomic E-state index is 12.1. The van der Waals surface area contributed by atoms with Gasteiger partial charge in [0.1, 0.15) is 12.6 Å². The highest BCUT2D eigenvalue weighted by atomic mass is 16.4. The van der Waals surface area contributed by atoms with Crippen LogP contribution in [0.2, 0.25) is 0 Å². The van der Waals surface area contributed by atoms with Gasteiger partial charge in [-0.05, 0) is 18.8 Å². The van der Waals surface area contributed by atoms with Crippen LogP contribution in [0.4, 0.5) is 4.79 Å². The molecule has 1 unspecified atom stereocenters. The first kappa shape index (κ1) is 14.6. The van der Waals surface area contributed by atoms with Crippen molar-refractivity contribution in [1.29, 1.82) is 0 Å². The summed E-state index contributed by atoms with van der Waals surface area (Å²) in [5, 5.41) is 14.3. The molecule has 3 amide bonds. The minimum Gasteiger partial charge on any atom is -0.480 e. The largest absolute Gasteiger partial charge is 0.480 e. The van der Waals surface area contributed by atoms with Crippen LogP contribution in [0.25, 0.3) is 0 Å². The number of carbonyl (C=O) groups is 3. The number of rotatable bonds is 3. The van der Waals surface area contributed by atoms with Crippen LogP contribution in [0.15, 0.2) is 0 Å². The molecule has 0 aromatic carbocycles. The molecule has 2 fully saturated rings. The Hall–Kier alpha value is -1.79. The van der Waals surface area contributed by atoms with Crippen molar-refractivity contribution in [3.63, 3.8) is 0 Å². The Morgan fingerprint density at radius 3 is 2.65 bits per heavy atom. The van der Waals surface area contributed by atoms with Gasteiger partial charge in [-0.15, -0.1) is 0 Å². The quantitative estimate of drug-likeness (QED) is 0.687. The number of carbonyl (C=O) groups excluding carboxylic acids is 2. The minimum atomic E-state index is -1.10.